The zero-order valence-electron chi connectivity index (χ0n) is 15.2. The molecular weight excluding hydrogens is 379 g/mol. The number of halogens is 2. The number of carbonyl (C=O) groups excluding carboxylic acids is 1. The lowest BCUT2D eigenvalue weighted by atomic mass is 10.0. The zero-order valence-corrected chi connectivity index (χ0v) is 16.7. The van der Waals surface area contributed by atoms with Crippen LogP contribution in [0.25, 0.3) is 0 Å². The van der Waals surface area contributed by atoms with E-state index in [1.807, 2.05) is 20.8 Å². The summed E-state index contributed by atoms with van der Waals surface area (Å²) in [5, 5.41) is 11.8. The number of hydrogen-bond acceptors (Lipinski definition) is 5. The van der Waals surface area contributed by atoms with Crippen molar-refractivity contribution in [2.75, 3.05) is 32.8 Å². The molecule has 1 N–H and O–H groups in total. The normalized spacial score (nSPS) is 27.2. The van der Waals surface area contributed by atoms with Gasteiger partial charge in [-0.15, -0.1) is 0 Å². The highest BCUT2D eigenvalue weighted by Gasteiger charge is 2.43. The van der Waals surface area contributed by atoms with Crippen molar-refractivity contribution in [3.05, 3.63) is 33.8 Å². The third-order valence-electron chi connectivity index (χ3n) is 4.56. The molecule has 2 aliphatic heterocycles. The molecule has 0 unspecified atom stereocenters. The van der Waals surface area contributed by atoms with Crippen molar-refractivity contribution in [1.29, 1.82) is 0 Å². The lowest BCUT2D eigenvalue weighted by Crippen LogP contribution is -2.63. The van der Waals surface area contributed by atoms with Gasteiger partial charge in [-0.2, -0.15) is 0 Å². The van der Waals surface area contributed by atoms with E-state index in [-0.39, 0.29) is 12.1 Å². The van der Waals surface area contributed by atoms with Gasteiger partial charge in [0.25, 0.3) is 0 Å². The molecule has 1 amide bonds. The number of nitrogens with zero attached hydrogens (tertiary/aromatic N) is 2. The maximum Gasteiger partial charge on any atom is 0.410 e. The monoisotopic (exact) mass is 402 g/mol. The van der Waals surface area contributed by atoms with Gasteiger partial charge in [-0.25, -0.2) is 4.79 Å². The fourth-order valence-corrected chi connectivity index (χ4v) is 3.52. The van der Waals surface area contributed by atoms with E-state index >= 15 is 0 Å². The summed E-state index contributed by atoms with van der Waals surface area (Å²) in [6.45, 7) is 7.84. The Hall–Kier alpha value is -1.05. The minimum atomic E-state index is -1.45. The summed E-state index contributed by atoms with van der Waals surface area (Å²) in [5.41, 5.74) is 0.0469. The molecule has 2 atom stereocenters. The summed E-state index contributed by atoms with van der Waals surface area (Å²) >= 11 is 12.0. The van der Waals surface area contributed by atoms with Crippen LogP contribution in [0.4, 0.5) is 4.79 Å². The largest absolute Gasteiger partial charge is 0.444 e. The van der Waals surface area contributed by atoms with Crippen molar-refractivity contribution in [1.82, 2.24) is 9.80 Å². The predicted molar refractivity (Wildman–Crippen MR) is 99.5 cm³/mol. The van der Waals surface area contributed by atoms with Gasteiger partial charge in [0.05, 0.1) is 29.2 Å². The van der Waals surface area contributed by atoms with Gasteiger partial charge in [0.1, 0.15) is 5.60 Å². The van der Waals surface area contributed by atoms with Crippen molar-refractivity contribution in [3.63, 3.8) is 0 Å². The van der Waals surface area contributed by atoms with Crippen LogP contribution in [-0.2, 0) is 15.3 Å². The van der Waals surface area contributed by atoms with Gasteiger partial charge < -0.3 is 19.5 Å². The zero-order chi connectivity index (χ0) is 19.1. The smallest absolute Gasteiger partial charge is 0.410 e. The summed E-state index contributed by atoms with van der Waals surface area (Å²) in [6.07, 6.45) is -0.317. The first-order valence-corrected chi connectivity index (χ1v) is 9.37. The van der Waals surface area contributed by atoms with Crippen LogP contribution in [0.3, 0.4) is 0 Å². The number of aliphatic hydroxyl groups is 1. The van der Waals surface area contributed by atoms with E-state index in [2.05, 4.69) is 4.90 Å². The van der Waals surface area contributed by atoms with E-state index in [0.717, 1.165) is 0 Å². The molecule has 2 heterocycles. The Bertz CT molecular complexity index is 694. The Kier molecular flexibility index (Phi) is 5.43. The number of rotatable bonds is 1. The maximum absolute atomic E-state index is 12.3. The lowest BCUT2D eigenvalue weighted by Gasteiger charge is -2.48. The number of benzene rings is 1. The summed E-state index contributed by atoms with van der Waals surface area (Å²) in [7, 11) is 0. The molecule has 8 heteroatoms. The molecule has 26 heavy (non-hydrogen) atoms. The van der Waals surface area contributed by atoms with Gasteiger partial charge in [0.2, 0.25) is 5.79 Å². The SMILES string of the molecule is CC(C)(C)OC(=O)N1CCN2C[C@@](O)(c3ccc(Cl)c(Cl)c3)OC[C@@H]2C1. The summed E-state index contributed by atoms with van der Waals surface area (Å²) in [6, 6.07) is 5.00. The topological polar surface area (TPSA) is 62.2 Å². The number of piperazine rings is 1. The minimum absolute atomic E-state index is 0.0133. The molecule has 0 saturated carbocycles. The number of hydrogen-bond donors (Lipinski definition) is 1. The molecule has 0 aliphatic carbocycles. The molecule has 0 bridgehead atoms. The molecule has 3 rings (SSSR count). The van der Waals surface area contributed by atoms with Crippen molar-refractivity contribution in [2.45, 2.75) is 38.2 Å². The fourth-order valence-electron chi connectivity index (χ4n) is 3.22. The number of morpholine rings is 1. The van der Waals surface area contributed by atoms with Crippen LogP contribution in [0, 0.1) is 0 Å². The Balaban J connectivity index is 1.66. The van der Waals surface area contributed by atoms with Crippen LogP contribution in [-0.4, -0.2) is 65.4 Å². The molecule has 0 radical (unpaired) electrons. The first-order chi connectivity index (χ1) is 12.1. The molecular formula is C18H24Cl2N2O4. The van der Waals surface area contributed by atoms with Gasteiger partial charge in [-0.1, -0.05) is 29.3 Å². The first-order valence-electron chi connectivity index (χ1n) is 8.61. The molecule has 0 aromatic heterocycles. The van der Waals surface area contributed by atoms with Gasteiger partial charge in [0.15, 0.2) is 0 Å². The van der Waals surface area contributed by atoms with Gasteiger partial charge in [-0.3, -0.25) is 4.90 Å². The third-order valence-corrected chi connectivity index (χ3v) is 5.30. The maximum atomic E-state index is 12.3. The highest BCUT2D eigenvalue weighted by atomic mass is 35.5. The molecule has 144 valence electrons. The van der Waals surface area contributed by atoms with Crippen LogP contribution in [0.1, 0.15) is 26.3 Å². The molecule has 1 aromatic carbocycles. The predicted octanol–water partition coefficient (Wildman–Crippen LogP) is 3.09. The van der Waals surface area contributed by atoms with E-state index in [0.29, 0.717) is 48.4 Å². The third kappa shape index (κ3) is 4.26. The Labute approximate surface area is 163 Å². The lowest BCUT2D eigenvalue weighted by molar-refractivity contribution is -0.266. The van der Waals surface area contributed by atoms with E-state index in [4.69, 9.17) is 32.7 Å². The van der Waals surface area contributed by atoms with E-state index < -0.39 is 11.4 Å². The van der Waals surface area contributed by atoms with E-state index in [1.54, 1.807) is 23.1 Å². The van der Waals surface area contributed by atoms with Gasteiger partial charge in [-0.05, 0) is 32.9 Å². The average molecular weight is 403 g/mol. The van der Waals surface area contributed by atoms with Crippen molar-refractivity contribution >= 4 is 29.3 Å². The second kappa shape index (κ2) is 7.17. The number of carbonyl (C=O) groups is 1. The van der Waals surface area contributed by atoms with E-state index in [1.165, 1.54) is 0 Å². The standard InChI is InChI=1S/C18H24Cl2N2O4/c1-17(2,3)26-16(23)21-6-7-22-11-18(24,25-10-13(22)9-21)12-4-5-14(19)15(20)8-12/h4-5,8,13,24H,6-7,9-11H2,1-3H3/t13-,18-/m0/s1. The molecule has 0 spiro atoms. The van der Waals surface area contributed by atoms with E-state index in [9.17, 15) is 9.90 Å². The van der Waals surface area contributed by atoms with Crippen LogP contribution in [0.15, 0.2) is 18.2 Å². The number of fused-ring (bicyclic) bond motifs is 1. The minimum Gasteiger partial charge on any atom is -0.444 e. The number of amides is 1. The molecule has 2 aliphatic rings. The number of ether oxygens (including phenoxy) is 2. The van der Waals surface area contributed by atoms with Crippen molar-refractivity contribution < 1.29 is 19.4 Å². The van der Waals surface area contributed by atoms with Gasteiger partial charge in [0, 0.05) is 25.2 Å². The van der Waals surface area contributed by atoms with Gasteiger partial charge >= 0.3 is 6.09 Å². The molecule has 2 saturated heterocycles. The first kappa shape index (κ1) is 19.7. The van der Waals surface area contributed by atoms with Crippen molar-refractivity contribution in [3.8, 4) is 0 Å². The fraction of sp³-hybridized carbons (Fsp3) is 0.611. The average Bonchev–Trinajstić information content (AvgIpc) is 2.55. The van der Waals surface area contributed by atoms with Crippen LogP contribution in [0.5, 0.6) is 0 Å². The summed E-state index contributed by atoms with van der Waals surface area (Å²) < 4.78 is 11.2. The Morgan fingerprint density at radius 2 is 2.04 bits per heavy atom. The quantitative estimate of drug-likeness (QED) is 0.781. The Morgan fingerprint density at radius 1 is 1.31 bits per heavy atom. The molecule has 1 aromatic rings. The van der Waals surface area contributed by atoms with Crippen LogP contribution in [0.2, 0.25) is 10.0 Å². The van der Waals surface area contributed by atoms with Crippen LogP contribution >= 0.6 is 23.2 Å². The Morgan fingerprint density at radius 3 is 2.69 bits per heavy atom. The second-order valence-corrected chi connectivity index (χ2v) is 8.59. The summed E-state index contributed by atoms with van der Waals surface area (Å²) in [4.78, 5) is 16.1. The second-order valence-electron chi connectivity index (χ2n) is 7.77. The summed E-state index contributed by atoms with van der Waals surface area (Å²) in [5.74, 6) is -1.45. The molecule has 2 fully saturated rings. The molecule has 6 nitrogen and oxygen atoms in total. The van der Waals surface area contributed by atoms with Crippen LogP contribution < -0.4 is 0 Å². The highest BCUT2D eigenvalue weighted by molar-refractivity contribution is 6.42. The highest BCUT2D eigenvalue weighted by Crippen LogP contribution is 2.34. The van der Waals surface area contributed by atoms with Crippen molar-refractivity contribution in [2.24, 2.45) is 0 Å².